The van der Waals surface area contributed by atoms with Crippen molar-refractivity contribution in [3.8, 4) is 17.2 Å². The molecule has 1 aromatic rings. The molecule has 1 rings (SSSR count). The van der Waals surface area contributed by atoms with Crippen LogP contribution in [-0.4, -0.2) is 33.9 Å². The monoisotopic (exact) mass is 265 g/mol. The molecule has 0 atom stereocenters. The summed E-state index contributed by atoms with van der Waals surface area (Å²) in [4.78, 5) is 0. The first-order valence-corrected chi connectivity index (χ1v) is 6.32. The van der Waals surface area contributed by atoms with Crippen LogP contribution in [0.5, 0.6) is 17.2 Å². The van der Waals surface area contributed by atoms with E-state index in [2.05, 4.69) is 25.2 Å². The zero-order valence-electron chi connectivity index (χ0n) is 12.3. The fraction of sp³-hybridized carbons (Fsp3) is 0.467. The molecular weight excluding hydrogens is 242 g/mol. The SMILES string of the molecule is COc1cc(OC)c(OC)cc1C=CCNC(C)C. The predicted octanol–water partition coefficient (Wildman–Crippen LogP) is 2.72. The van der Waals surface area contributed by atoms with Gasteiger partial charge in [-0.3, -0.25) is 0 Å². The van der Waals surface area contributed by atoms with Gasteiger partial charge in [0.2, 0.25) is 0 Å². The molecule has 0 aliphatic rings. The summed E-state index contributed by atoms with van der Waals surface area (Å²) in [6.45, 7) is 5.05. The molecule has 0 saturated heterocycles. The van der Waals surface area contributed by atoms with Gasteiger partial charge in [0.1, 0.15) is 5.75 Å². The molecule has 0 aliphatic carbocycles. The van der Waals surface area contributed by atoms with E-state index in [4.69, 9.17) is 14.2 Å². The molecule has 19 heavy (non-hydrogen) atoms. The Morgan fingerprint density at radius 1 is 1.00 bits per heavy atom. The topological polar surface area (TPSA) is 39.7 Å². The van der Waals surface area contributed by atoms with Crippen LogP contribution in [-0.2, 0) is 0 Å². The summed E-state index contributed by atoms with van der Waals surface area (Å²) in [7, 11) is 4.88. The lowest BCUT2D eigenvalue weighted by Gasteiger charge is -2.12. The average Bonchev–Trinajstić information content (AvgIpc) is 2.42. The highest BCUT2D eigenvalue weighted by molar-refractivity contribution is 5.63. The Balaban J connectivity index is 2.92. The van der Waals surface area contributed by atoms with Crippen molar-refractivity contribution in [2.24, 2.45) is 0 Å². The summed E-state index contributed by atoms with van der Waals surface area (Å²) < 4.78 is 15.9. The Morgan fingerprint density at radius 3 is 2.11 bits per heavy atom. The number of methoxy groups -OCH3 is 3. The number of rotatable bonds is 7. The van der Waals surface area contributed by atoms with E-state index in [1.165, 1.54) is 0 Å². The van der Waals surface area contributed by atoms with Crippen molar-refractivity contribution in [1.82, 2.24) is 5.32 Å². The smallest absolute Gasteiger partial charge is 0.164 e. The molecule has 0 bridgehead atoms. The molecule has 0 heterocycles. The van der Waals surface area contributed by atoms with Gasteiger partial charge in [-0.15, -0.1) is 0 Å². The third-order valence-electron chi connectivity index (χ3n) is 2.68. The summed E-state index contributed by atoms with van der Waals surface area (Å²) in [6, 6.07) is 4.20. The maximum Gasteiger partial charge on any atom is 0.164 e. The van der Waals surface area contributed by atoms with Crippen molar-refractivity contribution in [3.63, 3.8) is 0 Å². The van der Waals surface area contributed by atoms with E-state index >= 15 is 0 Å². The first kappa shape index (κ1) is 15.4. The number of benzene rings is 1. The highest BCUT2D eigenvalue weighted by Crippen LogP contribution is 2.35. The van der Waals surface area contributed by atoms with Crippen LogP contribution in [0, 0.1) is 0 Å². The van der Waals surface area contributed by atoms with E-state index in [1.807, 2.05) is 18.2 Å². The molecule has 4 heteroatoms. The first-order chi connectivity index (χ1) is 9.12. The molecule has 0 unspecified atom stereocenters. The first-order valence-electron chi connectivity index (χ1n) is 6.32. The van der Waals surface area contributed by atoms with Gasteiger partial charge in [0.25, 0.3) is 0 Å². The van der Waals surface area contributed by atoms with Gasteiger partial charge < -0.3 is 19.5 Å². The Hall–Kier alpha value is -1.68. The highest BCUT2D eigenvalue weighted by Gasteiger charge is 2.09. The van der Waals surface area contributed by atoms with Gasteiger partial charge in [-0.2, -0.15) is 0 Å². The van der Waals surface area contributed by atoms with E-state index in [9.17, 15) is 0 Å². The number of nitrogens with one attached hydrogen (secondary N) is 1. The zero-order valence-corrected chi connectivity index (χ0v) is 12.3. The molecule has 0 saturated carbocycles. The van der Waals surface area contributed by atoms with Crippen LogP contribution in [0.2, 0.25) is 0 Å². The lowest BCUT2D eigenvalue weighted by atomic mass is 10.1. The second-order valence-corrected chi connectivity index (χ2v) is 4.41. The number of ether oxygens (including phenoxy) is 3. The Labute approximate surface area is 115 Å². The summed E-state index contributed by atoms with van der Waals surface area (Å²) >= 11 is 0. The lowest BCUT2D eigenvalue weighted by molar-refractivity contribution is 0.348. The zero-order chi connectivity index (χ0) is 14.3. The summed E-state index contributed by atoms with van der Waals surface area (Å²) in [5.74, 6) is 2.12. The van der Waals surface area contributed by atoms with Crippen molar-refractivity contribution >= 4 is 6.08 Å². The van der Waals surface area contributed by atoms with Crippen LogP contribution in [0.1, 0.15) is 19.4 Å². The van der Waals surface area contributed by atoms with Crippen molar-refractivity contribution in [3.05, 3.63) is 23.8 Å². The second-order valence-electron chi connectivity index (χ2n) is 4.41. The van der Waals surface area contributed by atoms with E-state index in [0.29, 0.717) is 17.5 Å². The van der Waals surface area contributed by atoms with Gasteiger partial charge in [-0.1, -0.05) is 26.0 Å². The van der Waals surface area contributed by atoms with Crippen LogP contribution >= 0.6 is 0 Å². The fourth-order valence-electron chi connectivity index (χ4n) is 1.67. The Bertz CT molecular complexity index is 428. The van der Waals surface area contributed by atoms with Crippen molar-refractivity contribution < 1.29 is 14.2 Å². The van der Waals surface area contributed by atoms with Crippen LogP contribution in [0.25, 0.3) is 6.08 Å². The fourth-order valence-corrected chi connectivity index (χ4v) is 1.67. The van der Waals surface area contributed by atoms with Crippen molar-refractivity contribution in [2.75, 3.05) is 27.9 Å². The molecule has 0 amide bonds. The molecule has 1 N–H and O–H groups in total. The molecule has 0 aliphatic heterocycles. The number of hydrogen-bond acceptors (Lipinski definition) is 4. The van der Waals surface area contributed by atoms with E-state index in [1.54, 1.807) is 21.3 Å². The second kappa shape index (κ2) is 7.69. The normalized spacial score (nSPS) is 11.1. The third kappa shape index (κ3) is 4.48. The van der Waals surface area contributed by atoms with Crippen LogP contribution in [0.15, 0.2) is 18.2 Å². The van der Waals surface area contributed by atoms with Gasteiger partial charge >= 0.3 is 0 Å². The van der Waals surface area contributed by atoms with Crippen LogP contribution < -0.4 is 19.5 Å². The summed E-state index contributed by atoms with van der Waals surface area (Å²) in [5, 5.41) is 3.32. The molecule has 1 aromatic carbocycles. The van der Waals surface area contributed by atoms with E-state index in [-0.39, 0.29) is 0 Å². The summed E-state index contributed by atoms with van der Waals surface area (Å²) in [5.41, 5.74) is 0.964. The minimum atomic E-state index is 0.469. The summed E-state index contributed by atoms with van der Waals surface area (Å²) in [6.07, 6.45) is 4.07. The largest absolute Gasteiger partial charge is 0.496 e. The maximum absolute atomic E-state index is 5.36. The van der Waals surface area contributed by atoms with Gasteiger partial charge in [0, 0.05) is 24.2 Å². The molecule has 0 spiro atoms. The molecule has 0 aromatic heterocycles. The quantitative estimate of drug-likeness (QED) is 0.823. The minimum Gasteiger partial charge on any atom is -0.496 e. The van der Waals surface area contributed by atoms with Gasteiger partial charge in [-0.05, 0) is 6.07 Å². The highest BCUT2D eigenvalue weighted by atomic mass is 16.5. The van der Waals surface area contributed by atoms with Crippen molar-refractivity contribution in [2.45, 2.75) is 19.9 Å². The maximum atomic E-state index is 5.36. The van der Waals surface area contributed by atoms with Gasteiger partial charge in [-0.25, -0.2) is 0 Å². The van der Waals surface area contributed by atoms with Gasteiger partial charge in [0.05, 0.1) is 21.3 Å². The minimum absolute atomic E-state index is 0.469. The molecule has 0 fully saturated rings. The molecule has 106 valence electrons. The van der Waals surface area contributed by atoms with E-state index < -0.39 is 0 Å². The lowest BCUT2D eigenvalue weighted by Crippen LogP contribution is -2.22. The van der Waals surface area contributed by atoms with Crippen LogP contribution in [0.4, 0.5) is 0 Å². The predicted molar refractivity (Wildman–Crippen MR) is 78.3 cm³/mol. The standard InChI is InChI=1S/C15H23NO3/c1-11(2)16-8-6-7-12-9-14(18-4)15(19-5)10-13(12)17-3/h6-7,9-11,16H,8H2,1-5H3. The molecule has 0 radical (unpaired) electrons. The average molecular weight is 265 g/mol. The third-order valence-corrected chi connectivity index (χ3v) is 2.68. The molecular formula is C15H23NO3. The van der Waals surface area contributed by atoms with Crippen LogP contribution in [0.3, 0.4) is 0 Å². The van der Waals surface area contributed by atoms with E-state index in [0.717, 1.165) is 17.9 Å². The number of hydrogen-bond donors (Lipinski definition) is 1. The van der Waals surface area contributed by atoms with Gasteiger partial charge in [0.15, 0.2) is 11.5 Å². The Kier molecular flexibility index (Phi) is 6.22. The molecule has 4 nitrogen and oxygen atoms in total. The Morgan fingerprint density at radius 2 is 1.58 bits per heavy atom. The van der Waals surface area contributed by atoms with Crippen molar-refractivity contribution in [1.29, 1.82) is 0 Å².